The summed E-state index contributed by atoms with van der Waals surface area (Å²) in [5, 5.41) is 12.9. The highest BCUT2D eigenvalue weighted by Crippen LogP contribution is 1.81. The molecule has 0 aromatic heterocycles. The zero-order chi connectivity index (χ0) is 8.15. The van der Waals surface area contributed by atoms with Crippen molar-refractivity contribution in [3.05, 3.63) is 11.8 Å². The van der Waals surface area contributed by atoms with Gasteiger partial charge in [0.05, 0.1) is 0 Å². The van der Waals surface area contributed by atoms with Crippen molar-refractivity contribution < 1.29 is 9.90 Å². The van der Waals surface area contributed by atoms with Crippen molar-refractivity contribution in [2.24, 2.45) is 0 Å². The van der Waals surface area contributed by atoms with E-state index in [2.05, 4.69) is 5.32 Å². The van der Waals surface area contributed by atoms with Gasteiger partial charge in [-0.25, -0.2) is 0 Å². The minimum Gasteiger partial charge on any atom is -0.875 e. The van der Waals surface area contributed by atoms with E-state index in [4.69, 9.17) is 0 Å². The monoisotopic (exact) mass is 142 g/mol. The van der Waals surface area contributed by atoms with Crippen LogP contribution in [0.3, 0.4) is 0 Å². The van der Waals surface area contributed by atoms with Crippen LogP contribution >= 0.6 is 0 Å². The van der Waals surface area contributed by atoms with Crippen LogP contribution in [0.2, 0.25) is 0 Å². The van der Waals surface area contributed by atoms with Gasteiger partial charge in [-0.2, -0.15) is 0 Å². The maximum absolute atomic E-state index is 10.7. The Hall–Kier alpha value is -0.990. The molecule has 0 aromatic rings. The van der Waals surface area contributed by atoms with Crippen LogP contribution < -0.4 is 10.4 Å². The fourth-order valence-electron chi connectivity index (χ4n) is 0.511. The lowest BCUT2D eigenvalue weighted by atomic mass is 10.3. The van der Waals surface area contributed by atoms with Gasteiger partial charge in [0.1, 0.15) is 0 Å². The lowest BCUT2D eigenvalue weighted by Crippen LogP contribution is -2.29. The predicted octanol–water partition coefficient (Wildman–Crippen LogP) is -0.225. The van der Waals surface area contributed by atoms with Gasteiger partial charge in [0.15, 0.2) is 0 Å². The predicted molar refractivity (Wildman–Crippen MR) is 37.0 cm³/mol. The number of rotatable bonds is 2. The average Bonchev–Trinajstić information content (AvgIpc) is 1.58. The van der Waals surface area contributed by atoms with Gasteiger partial charge in [-0.05, 0) is 19.9 Å². The zero-order valence-corrected chi connectivity index (χ0v) is 6.47. The number of amides is 1. The highest BCUT2D eigenvalue weighted by atomic mass is 16.3. The third-order valence-electron chi connectivity index (χ3n) is 0.765. The first-order chi connectivity index (χ1) is 4.52. The third kappa shape index (κ3) is 5.15. The quantitative estimate of drug-likeness (QED) is 0.428. The van der Waals surface area contributed by atoms with E-state index in [-0.39, 0.29) is 17.7 Å². The molecule has 0 unspecified atom stereocenters. The van der Waals surface area contributed by atoms with E-state index in [1.54, 1.807) is 0 Å². The van der Waals surface area contributed by atoms with Crippen LogP contribution in [0.4, 0.5) is 0 Å². The second-order valence-electron chi connectivity index (χ2n) is 2.42. The normalized spacial score (nSPS) is 11.8. The Kier molecular flexibility index (Phi) is 3.54. The molecule has 3 nitrogen and oxygen atoms in total. The summed E-state index contributed by atoms with van der Waals surface area (Å²) in [6.45, 7) is 5.03. The second kappa shape index (κ2) is 3.93. The number of nitrogens with one attached hydrogen (secondary N) is 1. The molecular formula is C7H12NO2-. The first-order valence-electron chi connectivity index (χ1n) is 3.18. The van der Waals surface area contributed by atoms with Crippen LogP contribution in [-0.2, 0) is 4.79 Å². The Bertz CT molecular complexity index is 146. The molecule has 0 atom stereocenters. The van der Waals surface area contributed by atoms with Crippen LogP contribution in [-0.4, -0.2) is 11.9 Å². The van der Waals surface area contributed by atoms with Gasteiger partial charge in [-0.1, -0.05) is 6.92 Å². The number of hydrogen-bond acceptors (Lipinski definition) is 2. The summed E-state index contributed by atoms with van der Waals surface area (Å²) in [4.78, 5) is 10.7. The van der Waals surface area contributed by atoms with Crippen molar-refractivity contribution in [2.75, 3.05) is 0 Å². The first kappa shape index (κ1) is 9.01. The van der Waals surface area contributed by atoms with Crippen molar-refractivity contribution in [1.29, 1.82) is 0 Å². The van der Waals surface area contributed by atoms with Crippen molar-refractivity contribution in [1.82, 2.24) is 5.32 Å². The fraction of sp³-hybridized carbons (Fsp3) is 0.571. The molecule has 3 heteroatoms. The molecule has 0 aliphatic rings. The zero-order valence-electron chi connectivity index (χ0n) is 6.47. The summed E-state index contributed by atoms with van der Waals surface area (Å²) in [5.41, 5.74) is 0. The Morgan fingerprint density at radius 3 is 2.40 bits per heavy atom. The lowest BCUT2D eigenvalue weighted by molar-refractivity contribution is -0.301. The average molecular weight is 142 g/mol. The molecule has 0 aliphatic heterocycles. The molecule has 0 saturated heterocycles. The van der Waals surface area contributed by atoms with Gasteiger partial charge >= 0.3 is 0 Å². The van der Waals surface area contributed by atoms with Crippen molar-refractivity contribution in [2.45, 2.75) is 26.8 Å². The maximum Gasteiger partial charge on any atom is 0.243 e. The van der Waals surface area contributed by atoms with E-state index < -0.39 is 0 Å². The van der Waals surface area contributed by atoms with Gasteiger partial charge in [-0.3, -0.25) is 4.79 Å². The Balaban J connectivity index is 3.76. The first-order valence-corrected chi connectivity index (χ1v) is 3.18. The molecule has 0 heterocycles. The molecule has 58 valence electrons. The smallest absolute Gasteiger partial charge is 0.243 e. The van der Waals surface area contributed by atoms with Gasteiger partial charge in [-0.15, -0.1) is 5.76 Å². The summed E-state index contributed by atoms with van der Waals surface area (Å²) >= 11 is 0. The SMILES string of the molecule is C/C([O-])=C\C(=O)NC(C)C. The molecule has 0 spiro atoms. The molecule has 1 amide bonds. The largest absolute Gasteiger partial charge is 0.875 e. The molecule has 0 aromatic carbocycles. The Morgan fingerprint density at radius 1 is 1.60 bits per heavy atom. The number of carbonyl (C=O) groups is 1. The molecule has 0 saturated carbocycles. The van der Waals surface area contributed by atoms with E-state index >= 15 is 0 Å². The van der Waals surface area contributed by atoms with Crippen LogP contribution in [0.5, 0.6) is 0 Å². The van der Waals surface area contributed by atoms with E-state index in [1.165, 1.54) is 6.92 Å². The molecule has 0 radical (unpaired) electrons. The highest BCUT2D eigenvalue weighted by molar-refractivity contribution is 5.87. The van der Waals surface area contributed by atoms with Gasteiger partial charge in [0.25, 0.3) is 0 Å². The van der Waals surface area contributed by atoms with Crippen LogP contribution in [0.1, 0.15) is 20.8 Å². The number of allylic oxidation sites excluding steroid dienone is 1. The molecule has 0 bridgehead atoms. The summed E-state index contributed by atoms with van der Waals surface area (Å²) in [6.07, 6.45) is 1.04. The van der Waals surface area contributed by atoms with Crippen LogP contribution in [0.15, 0.2) is 11.8 Å². The molecule has 10 heavy (non-hydrogen) atoms. The van der Waals surface area contributed by atoms with Gasteiger partial charge < -0.3 is 10.4 Å². The van der Waals surface area contributed by atoms with Crippen LogP contribution in [0, 0.1) is 0 Å². The van der Waals surface area contributed by atoms with Crippen molar-refractivity contribution in [3.63, 3.8) is 0 Å². The Morgan fingerprint density at radius 2 is 2.10 bits per heavy atom. The minimum absolute atomic E-state index is 0.0862. The van der Waals surface area contributed by atoms with Gasteiger partial charge in [0.2, 0.25) is 5.91 Å². The molecule has 0 rings (SSSR count). The summed E-state index contributed by atoms with van der Waals surface area (Å²) in [5.74, 6) is -0.541. The summed E-state index contributed by atoms with van der Waals surface area (Å²) in [7, 11) is 0. The van der Waals surface area contributed by atoms with Crippen molar-refractivity contribution >= 4 is 5.91 Å². The number of hydrogen-bond donors (Lipinski definition) is 1. The Labute approximate surface area is 60.7 Å². The molecular weight excluding hydrogens is 130 g/mol. The second-order valence-corrected chi connectivity index (χ2v) is 2.42. The third-order valence-corrected chi connectivity index (χ3v) is 0.765. The van der Waals surface area contributed by atoms with E-state index in [1.807, 2.05) is 13.8 Å². The lowest BCUT2D eigenvalue weighted by Gasteiger charge is -2.07. The minimum atomic E-state index is -0.317. The standard InChI is InChI=1S/C7H13NO2/c1-5(2)8-7(10)4-6(3)9/h4-5,9H,1-3H3,(H,8,10)/p-1/b6-4+. The topological polar surface area (TPSA) is 52.2 Å². The van der Waals surface area contributed by atoms with Gasteiger partial charge in [0, 0.05) is 6.04 Å². The molecule has 0 aliphatic carbocycles. The fourth-order valence-corrected chi connectivity index (χ4v) is 0.511. The van der Waals surface area contributed by atoms with E-state index in [9.17, 15) is 9.90 Å². The number of carbonyl (C=O) groups excluding carboxylic acids is 1. The summed E-state index contributed by atoms with van der Waals surface area (Å²) in [6, 6.07) is 0.0862. The van der Waals surface area contributed by atoms with Crippen LogP contribution in [0.25, 0.3) is 0 Å². The van der Waals surface area contributed by atoms with Crippen molar-refractivity contribution in [3.8, 4) is 0 Å². The summed E-state index contributed by atoms with van der Waals surface area (Å²) < 4.78 is 0. The molecule has 1 N–H and O–H groups in total. The van der Waals surface area contributed by atoms with E-state index in [0.717, 1.165) is 6.08 Å². The van der Waals surface area contributed by atoms with E-state index in [0.29, 0.717) is 0 Å². The molecule has 0 fully saturated rings. The maximum atomic E-state index is 10.7. The highest BCUT2D eigenvalue weighted by Gasteiger charge is 1.95.